The van der Waals surface area contributed by atoms with Gasteiger partial charge >= 0.3 is 0 Å². The zero-order valence-corrected chi connectivity index (χ0v) is 8.64. The zero-order chi connectivity index (χ0) is 9.97. The van der Waals surface area contributed by atoms with Crippen molar-refractivity contribution in [2.75, 3.05) is 0 Å². The molecular weight excluding hydrogens is 174 g/mol. The van der Waals surface area contributed by atoms with Crippen LogP contribution in [0.15, 0.2) is 30.9 Å². The first-order chi connectivity index (χ1) is 6.75. The summed E-state index contributed by atoms with van der Waals surface area (Å²) in [5, 5.41) is 0. The van der Waals surface area contributed by atoms with E-state index in [9.17, 15) is 0 Å². The molecule has 0 aliphatic rings. The van der Waals surface area contributed by atoms with Gasteiger partial charge in [-0.15, -0.1) is 0 Å². The Morgan fingerprint density at radius 3 is 2.86 bits per heavy atom. The lowest BCUT2D eigenvalue weighted by Crippen LogP contribution is -2.02. The number of rotatable bonds is 3. The molecule has 2 rings (SSSR count). The van der Waals surface area contributed by atoms with Gasteiger partial charge in [0.1, 0.15) is 0 Å². The molecule has 2 aromatic heterocycles. The third-order valence-corrected chi connectivity index (χ3v) is 2.44. The molecule has 0 atom stereocenters. The lowest BCUT2D eigenvalue weighted by Gasteiger charge is -2.03. The van der Waals surface area contributed by atoms with Crippen molar-refractivity contribution in [3.8, 4) is 0 Å². The van der Waals surface area contributed by atoms with Gasteiger partial charge in [-0.25, -0.2) is 4.98 Å². The summed E-state index contributed by atoms with van der Waals surface area (Å²) in [5.74, 6) is 0. The van der Waals surface area contributed by atoms with Crippen molar-refractivity contribution in [1.29, 1.82) is 0 Å². The minimum Gasteiger partial charge on any atom is -0.354 e. The van der Waals surface area contributed by atoms with Crippen molar-refractivity contribution in [2.24, 2.45) is 7.05 Å². The second kappa shape index (κ2) is 3.70. The van der Waals surface area contributed by atoms with E-state index < -0.39 is 0 Å². The summed E-state index contributed by atoms with van der Waals surface area (Å²) in [4.78, 5) is 4.20. The van der Waals surface area contributed by atoms with Crippen molar-refractivity contribution in [3.63, 3.8) is 0 Å². The van der Waals surface area contributed by atoms with Crippen molar-refractivity contribution < 1.29 is 0 Å². The summed E-state index contributed by atoms with van der Waals surface area (Å²) in [6.45, 7) is 3.01. The summed E-state index contributed by atoms with van der Waals surface area (Å²) in [6, 6.07) is 4.23. The fourth-order valence-electron chi connectivity index (χ4n) is 1.59. The first-order valence-electron chi connectivity index (χ1n) is 4.84. The van der Waals surface area contributed by atoms with Gasteiger partial charge < -0.3 is 9.13 Å². The fourth-order valence-corrected chi connectivity index (χ4v) is 1.59. The third kappa shape index (κ3) is 1.87. The second-order valence-electron chi connectivity index (χ2n) is 3.61. The smallest absolute Gasteiger partial charge is 0.0949 e. The Kier molecular flexibility index (Phi) is 2.39. The number of nitrogens with zero attached hydrogens (tertiary/aromatic N) is 3. The van der Waals surface area contributed by atoms with Crippen LogP contribution < -0.4 is 0 Å². The summed E-state index contributed by atoms with van der Waals surface area (Å²) in [7, 11) is 2.08. The van der Waals surface area contributed by atoms with Crippen LogP contribution in [0.5, 0.6) is 0 Å². The lowest BCUT2D eigenvalue weighted by molar-refractivity contribution is 0.664. The average Bonchev–Trinajstić information content (AvgIpc) is 2.72. The van der Waals surface area contributed by atoms with Gasteiger partial charge in [-0.05, 0) is 19.1 Å². The number of hydrogen-bond acceptors (Lipinski definition) is 1. The van der Waals surface area contributed by atoms with Gasteiger partial charge in [0, 0.05) is 38.1 Å². The second-order valence-corrected chi connectivity index (χ2v) is 3.61. The molecule has 3 nitrogen and oxygen atoms in total. The number of aryl methyl sites for hydroxylation is 4. The molecule has 0 fully saturated rings. The summed E-state index contributed by atoms with van der Waals surface area (Å²) >= 11 is 0. The molecule has 2 aromatic rings. The normalized spacial score (nSPS) is 10.7. The maximum Gasteiger partial charge on any atom is 0.0949 e. The van der Waals surface area contributed by atoms with Crippen molar-refractivity contribution in [2.45, 2.75) is 19.9 Å². The van der Waals surface area contributed by atoms with E-state index >= 15 is 0 Å². The van der Waals surface area contributed by atoms with Crippen LogP contribution in [0.25, 0.3) is 0 Å². The largest absolute Gasteiger partial charge is 0.354 e. The van der Waals surface area contributed by atoms with Gasteiger partial charge in [0.15, 0.2) is 0 Å². The Morgan fingerprint density at radius 1 is 1.43 bits per heavy atom. The molecular formula is C11H15N3. The van der Waals surface area contributed by atoms with E-state index in [1.807, 2.05) is 13.3 Å². The van der Waals surface area contributed by atoms with Crippen LogP contribution in [-0.2, 0) is 20.0 Å². The average molecular weight is 189 g/mol. The van der Waals surface area contributed by atoms with Crippen molar-refractivity contribution in [3.05, 3.63) is 42.2 Å². The number of imidazole rings is 1. The Labute approximate surface area is 84.0 Å². The molecule has 0 unspecified atom stereocenters. The first kappa shape index (κ1) is 9.06. The van der Waals surface area contributed by atoms with Gasteiger partial charge in [-0.2, -0.15) is 0 Å². The molecule has 3 heteroatoms. The number of hydrogen-bond donors (Lipinski definition) is 0. The highest BCUT2D eigenvalue weighted by molar-refractivity contribution is 5.06. The highest BCUT2D eigenvalue weighted by Crippen LogP contribution is 2.03. The molecule has 0 spiro atoms. The van der Waals surface area contributed by atoms with Crippen molar-refractivity contribution in [1.82, 2.24) is 14.1 Å². The Hall–Kier alpha value is -1.51. The Balaban J connectivity index is 1.98. The summed E-state index contributed by atoms with van der Waals surface area (Å²) in [6.07, 6.45) is 7.09. The molecule has 0 aliphatic heterocycles. The van der Waals surface area contributed by atoms with E-state index in [1.54, 1.807) is 0 Å². The van der Waals surface area contributed by atoms with Crippen molar-refractivity contribution >= 4 is 0 Å². The standard InChI is InChI=1S/C11H15N3/c1-10-8-14(9-12-10)7-5-11-4-3-6-13(11)2/h3-4,6,8-9H,5,7H2,1-2H3. The predicted octanol–water partition coefficient (Wildman–Crippen LogP) is 1.77. The van der Waals surface area contributed by atoms with E-state index in [0.29, 0.717) is 0 Å². The van der Waals surface area contributed by atoms with Crippen LogP contribution in [-0.4, -0.2) is 14.1 Å². The highest BCUT2D eigenvalue weighted by atomic mass is 15.0. The minimum atomic E-state index is 0.999. The summed E-state index contributed by atoms with van der Waals surface area (Å²) in [5.41, 5.74) is 2.44. The molecule has 14 heavy (non-hydrogen) atoms. The molecule has 0 bridgehead atoms. The Morgan fingerprint density at radius 2 is 2.29 bits per heavy atom. The van der Waals surface area contributed by atoms with E-state index in [4.69, 9.17) is 0 Å². The SMILES string of the molecule is Cc1cn(CCc2cccn2C)cn1. The van der Waals surface area contributed by atoms with E-state index in [0.717, 1.165) is 18.7 Å². The van der Waals surface area contributed by atoms with Gasteiger partial charge in [0.2, 0.25) is 0 Å². The zero-order valence-electron chi connectivity index (χ0n) is 8.64. The minimum absolute atomic E-state index is 0.999. The van der Waals surface area contributed by atoms with Gasteiger partial charge in [0.25, 0.3) is 0 Å². The van der Waals surface area contributed by atoms with E-state index in [2.05, 4.69) is 45.7 Å². The van der Waals surface area contributed by atoms with Crippen LogP contribution in [0, 0.1) is 6.92 Å². The summed E-state index contributed by atoms with van der Waals surface area (Å²) < 4.78 is 4.28. The van der Waals surface area contributed by atoms with Gasteiger partial charge in [-0.1, -0.05) is 0 Å². The number of aromatic nitrogens is 3. The van der Waals surface area contributed by atoms with E-state index in [-0.39, 0.29) is 0 Å². The third-order valence-electron chi connectivity index (χ3n) is 2.44. The van der Waals surface area contributed by atoms with Crippen LogP contribution in [0.4, 0.5) is 0 Å². The van der Waals surface area contributed by atoms with Gasteiger partial charge in [0.05, 0.1) is 12.0 Å². The molecule has 0 aliphatic carbocycles. The molecule has 0 radical (unpaired) electrons. The molecule has 0 amide bonds. The molecule has 0 aromatic carbocycles. The molecule has 0 N–H and O–H groups in total. The highest BCUT2D eigenvalue weighted by Gasteiger charge is 1.98. The van der Waals surface area contributed by atoms with Crippen LogP contribution in [0.2, 0.25) is 0 Å². The molecule has 74 valence electrons. The topological polar surface area (TPSA) is 22.8 Å². The fraction of sp³-hybridized carbons (Fsp3) is 0.364. The van der Waals surface area contributed by atoms with Crippen LogP contribution in [0.3, 0.4) is 0 Å². The maximum absolute atomic E-state index is 4.20. The lowest BCUT2D eigenvalue weighted by atomic mass is 10.3. The van der Waals surface area contributed by atoms with Gasteiger partial charge in [-0.3, -0.25) is 0 Å². The van der Waals surface area contributed by atoms with Crippen LogP contribution >= 0.6 is 0 Å². The van der Waals surface area contributed by atoms with E-state index in [1.165, 1.54) is 5.69 Å². The van der Waals surface area contributed by atoms with Crippen LogP contribution in [0.1, 0.15) is 11.4 Å². The maximum atomic E-state index is 4.20. The predicted molar refractivity (Wildman–Crippen MR) is 56.1 cm³/mol. The molecule has 2 heterocycles. The quantitative estimate of drug-likeness (QED) is 0.721. The first-order valence-corrected chi connectivity index (χ1v) is 4.84. The molecule has 0 saturated carbocycles. The Bertz CT molecular complexity index is 412. The molecule has 0 saturated heterocycles. The monoisotopic (exact) mass is 189 g/mol.